The van der Waals surface area contributed by atoms with Gasteiger partial charge in [0, 0.05) is 22.7 Å². The molecule has 18 heavy (non-hydrogen) atoms. The third-order valence-electron chi connectivity index (χ3n) is 3.77. The molecule has 0 heterocycles. The number of nitrogens with one attached hydrogen (secondary N) is 1. The Morgan fingerprint density at radius 1 is 1.22 bits per heavy atom. The van der Waals surface area contributed by atoms with Crippen molar-refractivity contribution in [1.29, 1.82) is 0 Å². The largest absolute Gasteiger partial charge is 0.313 e. The summed E-state index contributed by atoms with van der Waals surface area (Å²) >= 11 is 2.00. The van der Waals surface area contributed by atoms with Gasteiger partial charge in [-0.3, -0.25) is 0 Å². The lowest BCUT2D eigenvalue weighted by molar-refractivity contribution is 0.537. The minimum absolute atomic E-state index is 0.632. The molecule has 0 saturated carbocycles. The maximum atomic E-state index is 3.58. The van der Waals surface area contributed by atoms with Crippen LogP contribution in [0.4, 0.5) is 0 Å². The normalized spacial score (nSPS) is 17.5. The monoisotopic (exact) mass is 263 g/mol. The van der Waals surface area contributed by atoms with Gasteiger partial charge in [0.1, 0.15) is 0 Å². The zero-order chi connectivity index (χ0) is 13.0. The molecule has 100 valence electrons. The Kier molecular flexibility index (Phi) is 5.13. The molecule has 2 atom stereocenters. The molecule has 1 aromatic rings. The maximum absolute atomic E-state index is 3.58. The van der Waals surface area contributed by atoms with Crippen LogP contribution in [0.3, 0.4) is 0 Å². The number of hydrogen-bond acceptors (Lipinski definition) is 2. The molecule has 1 aliphatic carbocycles. The zero-order valence-electron chi connectivity index (χ0n) is 11.8. The van der Waals surface area contributed by atoms with Crippen LogP contribution >= 0.6 is 11.8 Å². The van der Waals surface area contributed by atoms with Crippen molar-refractivity contribution < 1.29 is 0 Å². The summed E-state index contributed by atoms with van der Waals surface area (Å²) < 4.78 is 0. The highest BCUT2D eigenvalue weighted by Crippen LogP contribution is 2.29. The van der Waals surface area contributed by atoms with Gasteiger partial charge in [0.25, 0.3) is 0 Å². The van der Waals surface area contributed by atoms with E-state index in [0.717, 1.165) is 6.54 Å². The van der Waals surface area contributed by atoms with Crippen molar-refractivity contribution in [2.45, 2.75) is 62.6 Å². The molecular weight excluding hydrogens is 238 g/mol. The Morgan fingerprint density at radius 3 is 2.78 bits per heavy atom. The van der Waals surface area contributed by atoms with Crippen LogP contribution in [0, 0.1) is 0 Å². The van der Waals surface area contributed by atoms with E-state index in [2.05, 4.69) is 44.3 Å². The molecule has 0 bridgehead atoms. The zero-order valence-corrected chi connectivity index (χ0v) is 12.6. The van der Waals surface area contributed by atoms with Crippen LogP contribution in [0.2, 0.25) is 0 Å². The van der Waals surface area contributed by atoms with Crippen molar-refractivity contribution in [1.82, 2.24) is 5.32 Å². The Morgan fingerprint density at radius 2 is 2.00 bits per heavy atom. The molecule has 2 heteroatoms. The summed E-state index contributed by atoms with van der Waals surface area (Å²) in [5.74, 6) is 0. The smallest absolute Gasteiger partial charge is 0.0191 e. The van der Waals surface area contributed by atoms with Crippen LogP contribution in [0.1, 0.15) is 44.7 Å². The number of rotatable bonds is 6. The van der Waals surface area contributed by atoms with Gasteiger partial charge in [-0.05, 0) is 55.9 Å². The van der Waals surface area contributed by atoms with Crippen LogP contribution in [0.15, 0.2) is 23.1 Å². The molecule has 0 aliphatic heterocycles. The fraction of sp³-hybridized carbons (Fsp3) is 0.625. The van der Waals surface area contributed by atoms with Gasteiger partial charge in [0.2, 0.25) is 0 Å². The average Bonchev–Trinajstić information content (AvgIpc) is 2.83. The molecule has 2 unspecified atom stereocenters. The number of hydrogen-bond donors (Lipinski definition) is 1. The summed E-state index contributed by atoms with van der Waals surface area (Å²) in [6.07, 6.45) is 5.11. The van der Waals surface area contributed by atoms with Crippen molar-refractivity contribution in [2.75, 3.05) is 6.54 Å². The van der Waals surface area contributed by atoms with Gasteiger partial charge < -0.3 is 5.32 Å². The van der Waals surface area contributed by atoms with Crippen LogP contribution in [0.25, 0.3) is 0 Å². The lowest BCUT2D eigenvalue weighted by Crippen LogP contribution is -2.30. The van der Waals surface area contributed by atoms with Crippen LogP contribution in [-0.4, -0.2) is 17.8 Å². The van der Waals surface area contributed by atoms with Crippen molar-refractivity contribution in [2.24, 2.45) is 0 Å². The van der Waals surface area contributed by atoms with Crippen molar-refractivity contribution in [3.8, 4) is 0 Å². The van der Waals surface area contributed by atoms with Gasteiger partial charge in [-0.1, -0.05) is 19.9 Å². The molecule has 1 aromatic carbocycles. The summed E-state index contributed by atoms with van der Waals surface area (Å²) in [6.45, 7) is 7.90. The Bertz CT molecular complexity index is 389. The molecule has 1 nitrogen and oxygen atoms in total. The molecule has 1 aliphatic rings. The SMILES string of the molecule is CCC(C)NCC(C)Sc1ccc2c(c1)CCC2. The predicted octanol–water partition coefficient (Wildman–Crippen LogP) is 4.04. The average molecular weight is 263 g/mol. The van der Waals surface area contributed by atoms with Gasteiger partial charge in [-0.2, -0.15) is 0 Å². The molecule has 0 fully saturated rings. The fourth-order valence-electron chi connectivity index (χ4n) is 2.41. The summed E-state index contributed by atoms with van der Waals surface area (Å²) in [7, 11) is 0. The first-order valence-corrected chi connectivity index (χ1v) is 8.09. The topological polar surface area (TPSA) is 12.0 Å². The fourth-order valence-corrected chi connectivity index (χ4v) is 3.41. The van der Waals surface area contributed by atoms with E-state index in [1.165, 1.54) is 30.6 Å². The minimum atomic E-state index is 0.632. The van der Waals surface area contributed by atoms with Gasteiger partial charge in [-0.15, -0.1) is 11.8 Å². The highest BCUT2D eigenvalue weighted by molar-refractivity contribution is 8.00. The number of benzene rings is 1. The van der Waals surface area contributed by atoms with Gasteiger partial charge in [-0.25, -0.2) is 0 Å². The molecule has 0 amide bonds. The lowest BCUT2D eigenvalue weighted by Gasteiger charge is -2.16. The van der Waals surface area contributed by atoms with Crippen molar-refractivity contribution in [3.05, 3.63) is 29.3 Å². The quantitative estimate of drug-likeness (QED) is 0.777. The van der Waals surface area contributed by atoms with Gasteiger partial charge >= 0.3 is 0 Å². The molecule has 1 N–H and O–H groups in total. The van der Waals surface area contributed by atoms with E-state index in [9.17, 15) is 0 Å². The summed E-state index contributed by atoms with van der Waals surface area (Å²) in [5, 5.41) is 4.22. The van der Waals surface area contributed by atoms with E-state index in [0.29, 0.717) is 11.3 Å². The standard InChI is InChI=1S/C16H25NS/c1-4-12(2)17-11-13(3)18-16-9-8-14-6-5-7-15(14)10-16/h8-10,12-13,17H,4-7,11H2,1-3H3. The van der Waals surface area contributed by atoms with E-state index in [1.54, 1.807) is 11.1 Å². The third-order valence-corrected chi connectivity index (χ3v) is 4.87. The number of aryl methyl sites for hydroxylation is 2. The first-order chi connectivity index (χ1) is 8.69. The molecule has 0 radical (unpaired) electrons. The second kappa shape index (κ2) is 6.63. The number of fused-ring (bicyclic) bond motifs is 1. The van der Waals surface area contributed by atoms with E-state index in [-0.39, 0.29) is 0 Å². The number of thioether (sulfide) groups is 1. The van der Waals surface area contributed by atoms with Gasteiger partial charge in [0.15, 0.2) is 0 Å². The van der Waals surface area contributed by atoms with Crippen molar-refractivity contribution >= 4 is 11.8 Å². The summed E-state index contributed by atoms with van der Waals surface area (Å²) in [6, 6.07) is 7.67. The molecule has 0 spiro atoms. The first-order valence-electron chi connectivity index (χ1n) is 7.21. The highest BCUT2D eigenvalue weighted by atomic mass is 32.2. The van der Waals surface area contributed by atoms with E-state index < -0.39 is 0 Å². The Balaban J connectivity index is 1.85. The summed E-state index contributed by atoms with van der Waals surface area (Å²) in [5.41, 5.74) is 3.16. The Labute approximate surface area is 116 Å². The maximum Gasteiger partial charge on any atom is 0.0191 e. The second-order valence-corrected chi connectivity index (χ2v) is 6.94. The summed E-state index contributed by atoms with van der Waals surface area (Å²) in [4.78, 5) is 1.44. The van der Waals surface area contributed by atoms with E-state index >= 15 is 0 Å². The van der Waals surface area contributed by atoms with Crippen molar-refractivity contribution in [3.63, 3.8) is 0 Å². The molecule has 2 rings (SSSR count). The molecular formula is C16H25NS. The first kappa shape index (κ1) is 14.0. The van der Waals surface area contributed by atoms with Crippen LogP contribution in [-0.2, 0) is 12.8 Å². The Hall–Kier alpha value is -0.470. The molecule has 0 saturated heterocycles. The third kappa shape index (κ3) is 3.76. The van der Waals surface area contributed by atoms with Crippen LogP contribution < -0.4 is 5.32 Å². The van der Waals surface area contributed by atoms with Gasteiger partial charge in [0.05, 0.1) is 0 Å². The lowest BCUT2D eigenvalue weighted by atomic mass is 10.1. The highest BCUT2D eigenvalue weighted by Gasteiger charge is 2.12. The van der Waals surface area contributed by atoms with E-state index in [4.69, 9.17) is 0 Å². The minimum Gasteiger partial charge on any atom is -0.313 e. The van der Waals surface area contributed by atoms with Crippen LogP contribution in [0.5, 0.6) is 0 Å². The van der Waals surface area contributed by atoms with E-state index in [1.807, 2.05) is 11.8 Å². The predicted molar refractivity (Wildman–Crippen MR) is 81.5 cm³/mol. The second-order valence-electron chi connectivity index (χ2n) is 5.43. The molecule has 0 aromatic heterocycles.